The summed E-state index contributed by atoms with van der Waals surface area (Å²) in [6, 6.07) is 11.5. The molecule has 2 atom stereocenters. The SMILES string of the molecule is CCN(CC)C(CNC(=O)C(C)n1c(-c2cccs2)n[nH]c1=S)c1cccc(OC)c1. The van der Waals surface area contributed by atoms with Crippen molar-refractivity contribution in [2.75, 3.05) is 26.7 Å². The topological polar surface area (TPSA) is 75.2 Å². The van der Waals surface area contributed by atoms with Gasteiger partial charge in [-0.2, -0.15) is 5.10 Å². The van der Waals surface area contributed by atoms with Gasteiger partial charge >= 0.3 is 0 Å². The van der Waals surface area contributed by atoms with Crippen LogP contribution in [0.2, 0.25) is 0 Å². The third-order valence-electron chi connectivity index (χ3n) is 5.41. The van der Waals surface area contributed by atoms with Gasteiger partial charge in [-0.3, -0.25) is 19.4 Å². The molecular formula is C22H29N5O2S2. The molecule has 0 fully saturated rings. The van der Waals surface area contributed by atoms with Gasteiger partial charge in [0.25, 0.3) is 0 Å². The average Bonchev–Trinajstić information content (AvgIpc) is 3.45. The van der Waals surface area contributed by atoms with Crippen LogP contribution in [0.1, 0.15) is 38.4 Å². The van der Waals surface area contributed by atoms with Gasteiger partial charge in [-0.15, -0.1) is 11.3 Å². The van der Waals surface area contributed by atoms with E-state index in [1.165, 1.54) is 0 Å². The molecule has 0 aliphatic carbocycles. The molecule has 9 heteroatoms. The number of benzene rings is 1. The van der Waals surface area contributed by atoms with Crippen LogP contribution < -0.4 is 10.1 Å². The third-order valence-corrected chi connectivity index (χ3v) is 6.57. The lowest BCUT2D eigenvalue weighted by molar-refractivity contribution is -0.124. The summed E-state index contributed by atoms with van der Waals surface area (Å²) in [7, 11) is 1.66. The van der Waals surface area contributed by atoms with E-state index in [4.69, 9.17) is 17.0 Å². The monoisotopic (exact) mass is 459 g/mol. The van der Waals surface area contributed by atoms with E-state index in [0.29, 0.717) is 17.1 Å². The van der Waals surface area contributed by atoms with Crippen LogP contribution >= 0.6 is 23.6 Å². The molecule has 31 heavy (non-hydrogen) atoms. The Morgan fingerprint density at radius 3 is 2.74 bits per heavy atom. The number of nitrogens with one attached hydrogen (secondary N) is 2. The van der Waals surface area contributed by atoms with E-state index in [1.54, 1.807) is 23.0 Å². The largest absolute Gasteiger partial charge is 0.497 e. The standard InChI is InChI=1S/C22H29N5O2S2/c1-5-26(6-2)18(16-9-7-10-17(13-16)29-4)14-23-21(28)15(3)27-20(24-25-22(27)30)19-11-8-12-31-19/h7-13,15,18H,5-6,14H2,1-4H3,(H,23,28)(H,25,30). The van der Waals surface area contributed by atoms with Gasteiger partial charge in [-0.25, -0.2) is 0 Å². The molecule has 166 valence electrons. The zero-order valence-corrected chi connectivity index (χ0v) is 19.9. The van der Waals surface area contributed by atoms with Crippen molar-refractivity contribution in [3.05, 3.63) is 52.1 Å². The van der Waals surface area contributed by atoms with E-state index in [9.17, 15) is 4.79 Å². The number of ether oxygens (including phenoxy) is 1. The van der Waals surface area contributed by atoms with Crippen molar-refractivity contribution in [3.8, 4) is 16.5 Å². The Morgan fingerprint density at radius 1 is 1.32 bits per heavy atom. The van der Waals surface area contributed by atoms with Crippen LogP contribution in [0, 0.1) is 4.77 Å². The molecule has 3 aromatic rings. The zero-order chi connectivity index (χ0) is 22.4. The number of likely N-dealkylation sites (N-methyl/N-ethyl adjacent to an activating group) is 1. The number of methoxy groups -OCH3 is 1. The van der Waals surface area contributed by atoms with Crippen LogP contribution in [0.15, 0.2) is 41.8 Å². The number of hydrogen-bond acceptors (Lipinski definition) is 6. The van der Waals surface area contributed by atoms with E-state index >= 15 is 0 Å². The van der Waals surface area contributed by atoms with Gasteiger partial charge in [0.15, 0.2) is 10.6 Å². The Hall–Kier alpha value is -2.49. The van der Waals surface area contributed by atoms with E-state index < -0.39 is 6.04 Å². The molecule has 0 spiro atoms. The fourth-order valence-electron chi connectivity index (χ4n) is 3.68. The number of amides is 1. The van der Waals surface area contributed by atoms with Crippen LogP contribution in [-0.2, 0) is 4.79 Å². The van der Waals surface area contributed by atoms with Gasteiger partial charge < -0.3 is 10.1 Å². The van der Waals surface area contributed by atoms with Crippen LogP contribution in [-0.4, -0.2) is 52.3 Å². The highest BCUT2D eigenvalue weighted by Gasteiger charge is 2.24. The maximum Gasteiger partial charge on any atom is 0.243 e. The predicted molar refractivity (Wildman–Crippen MR) is 127 cm³/mol. The minimum atomic E-state index is -0.494. The molecule has 0 aliphatic rings. The van der Waals surface area contributed by atoms with E-state index in [-0.39, 0.29) is 11.9 Å². The first-order valence-corrected chi connectivity index (χ1v) is 11.6. The van der Waals surface area contributed by atoms with E-state index in [2.05, 4.69) is 40.3 Å². The first-order chi connectivity index (χ1) is 15.0. The maximum absolute atomic E-state index is 13.1. The Bertz CT molecular complexity index is 1040. The molecule has 1 aromatic carbocycles. The van der Waals surface area contributed by atoms with Crippen LogP contribution in [0.25, 0.3) is 10.7 Å². The zero-order valence-electron chi connectivity index (χ0n) is 18.3. The highest BCUT2D eigenvalue weighted by Crippen LogP contribution is 2.26. The molecule has 2 N–H and O–H groups in total. The van der Waals surface area contributed by atoms with E-state index in [1.807, 2.05) is 42.6 Å². The Labute approximate surface area is 192 Å². The number of aromatic nitrogens is 3. The lowest BCUT2D eigenvalue weighted by Gasteiger charge is -2.31. The summed E-state index contributed by atoms with van der Waals surface area (Å²) < 4.78 is 7.60. The second-order valence-electron chi connectivity index (χ2n) is 7.13. The first-order valence-electron chi connectivity index (χ1n) is 10.4. The Morgan fingerprint density at radius 2 is 2.10 bits per heavy atom. The first kappa shape index (κ1) is 23.2. The van der Waals surface area contributed by atoms with Crippen molar-refractivity contribution >= 4 is 29.5 Å². The third kappa shape index (κ3) is 5.23. The van der Waals surface area contributed by atoms with Crippen LogP contribution in [0.5, 0.6) is 5.75 Å². The normalized spacial score (nSPS) is 13.2. The number of carbonyl (C=O) groups is 1. The Kier molecular flexibility index (Phi) is 8.00. The molecule has 0 aliphatic heterocycles. The lowest BCUT2D eigenvalue weighted by atomic mass is 10.0. The molecule has 3 rings (SSSR count). The molecule has 0 saturated carbocycles. The highest BCUT2D eigenvalue weighted by molar-refractivity contribution is 7.71. The molecule has 2 aromatic heterocycles. The summed E-state index contributed by atoms with van der Waals surface area (Å²) in [4.78, 5) is 16.4. The molecule has 2 unspecified atom stereocenters. The molecule has 2 heterocycles. The molecule has 0 saturated heterocycles. The lowest BCUT2D eigenvalue weighted by Crippen LogP contribution is -2.40. The number of aromatic amines is 1. The smallest absolute Gasteiger partial charge is 0.243 e. The van der Waals surface area contributed by atoms with Crippen molar-refractivity contribution < 1.29 is 9.53 Å². The van der Waals surface area contributed by atoms with Gasteiger partial charge in [0.1, 0.15) is 11.8 Å². The maximum atomic E-state index is 13.1. The van der Waals surface area contributed by atoms with Gasteiger partial charge in [0.05, 0.1) is 18.0 Å². The minimum absolute atomic E-state index is 0.0374. The quantitative estimate of drug-likeness (QED) is 0.439. The van der Waals surface area contributed by atoms with E-state index in [0.717, 1.165) is 29.3 Å². The number of rotatable bonds is 10. The van der Waals surface area contributed by atoms with Gasteiger partial charge in [0.2, 0.25) is 5.91 Å². The fourth-order valence-corrected chi connectivity index (χ4v) is 4.68. The van der Waals surface area contributed by atoms with Crippen molar-refractivity contribution in [2.45, 2.75) is 32.9 Å². The molecule has 0 radical (unpaired) electrons. The molecular weight excluding hydrogens is 430 g/mol. The van der Waals surface area contributed by atoms with Crippen LogP contribution in [0.3, 0.4) is 0 Å². The van der Waals surface area contributed by atoms with Gasteiger partial charge in [-0.1, -0.05) is 32.0 Å². The van der Waals surface area contributed by atoms with Crippen molar-refractivity contribution in [2.24, 2.45) is 0 Å². The number of carbonyl (C=O) groups excluding carboxylic acids is 1. The summed E-state index contributed by atoms with van der Waals surface area (Å²) in [6.07, 6.45) is 0. The summed E-state index contributed by atoms with van der Waals surface area (Å²) in [6.45, 7) is 8.32. The summed E-state index contributed by atoms with van der Waals surface area (Å²) in [5.41, 5.74) is 1.11. The fraction of sp³-hybridized carbons (Fsp3) is 0.409. The van der Waals surface area contributed by atoms with Crippen LogP contribution in [0.4, 0.5) is 0 Å². The van der Waals surface area contributed by atoms with Crippen molar-refractivity contribution in [1.82, 2.24) is 25.0 Å². The molecule has 0 bridgehead atoms. The Balaban J connectivity index is 1.80. The minimum Gasteiger partial charge on any atom is -0.497 e. The molecule has 7 nitrogen and oxygen atoms in total. The highest BCUT2D eigenvalue weighted by atomic mass is 32.1. The molecule has 1 amide bonds. The van der Waals surface area contributed by atoms with Gasteiger partial charge in [0, 0.05) is 6.54 Å². The van der Waals surface area contributed by atoms with Gasteiger partial charge in [-0.05, 0) is 61.4 Å². The number of nitrogens with zero attached hydrogens (tertiary/aromatic N) is 3. The predicted octanol–water partition coefficient (Wildman–Crippen LogP) is 4.44. The van der Waals surface area contributed by atoms with Crippen molar-refractivity contribution in [3.63, 3.8) is 0 Å². The number of hydrogen-bond donors (Lipinski definition) is 2. The second kappa shape index (κ2) is 10.7. The summed E-state index contributed by atoms with van der Waals surface area (Å²) >= 11 is 6.97. The average molecular weight is 460 g/mol. The van der Waals surface area contributed by atoms with Crippen molar-refractivity contribution in [1.29, 1.82) is 0 Å². The summed E-state index contributed by atoms with van der Waals surface area (Å²) in [5, 5.41) is 12.3. The number of thiophene rings is 1. The second-order valence-corrected chi connectivity index (χ2v) is 8.47. The number of H-pyrrole nitrogens is 1. The summed E-state index contributed by atoms with van der Waals surface area (Å²) in [5.74, 6) is 1.38.